The van der Waals surface area contributed by atoms with Crippen LogP contribution in [-0.2, 0) is 9.53 Å². The van der Waals surface area contributed by atoms with Gasteiger partial charge in [-0.05, 0) is 32.9 Å². The van der Waals surface area contributed by atoms with E-state index in [4.69, 9.17) is 9.47 Å². The molecule has 0 saturated heterocycles. The van der Waals surface area contributed by atoms with Crippen LogP contribution >= 0.6 is 15.9 Å². The fraction of sp³-hybridized carbons (Fsp3) is 0.417. The highest BCUT2D eigenvalue weighted by Gasteiger charge is 2.34. The smallest absolute Gasteiger partial charge is 0.349 e. The first kappa shape index (κ1) is 15.4. The number of esters is 1. The summed E-state index contributed by atoms with van der Waals surface area (Å²) < 4.78 is 10.8. The molecule has 19 heavy (non-hydrogen) atoms. The Morgan fingerprint density at radius 3 is 2.63 bits per heavy atom. The van der Waals surface area contributed by atoms with Gasteiger partial charge < -0.3 is 9.47 Å². The maximum Gasteiger partial charge on any atom is 0.349 e. The van der Waals surface area contributed by atoms with Crippen LogP contribution in [0.1, 0.15) is 20.8 Å². The molecule has 1 rings (SSSR count). The Morgan fingerprint density at radius 2 is 2.11 bits per heavy atom. The number of rotatable bonds is 5. The Labute approximate surface area is 119 Å². The predicted molar refractivity (Wildman–Crippen MR) is 72.1 cm³/mol. The van der Waals surface area contributed by atoms with E-state index in [0.717, 1.165) is 0 Å². The van der Waals surface area contributed by atoms with Crippen molar-refractivity contribution in [1.82, 2.24) is 0 Å². The number of benzene rings is 1. The zero-order valence-corrected chi connectivity index (χ0v) is 12.4. The van der Waals surface area contributed by atoms with Crippen molar-refractivity contribution in [3.63, 3.8) is 0 Å². The van der Waals surface area contributed by atoms with Crippen LogP contribution in [0.15, 0.2) is 22.7 Å². The Morgan fingerprint density at radius 1 is 1.47 bits per heavy atom. The average molecular weight is 332 g/mol. The lowest BCUT2D eigenvalue weighted by molar-refractivity contribution is -0.386. The van der Waals surface area contributed by atoms with E-state index in [-0.39, 0.29) is 18.0 Å². The molecule has 0 heterocycles. The van der Waals surface area contributed by atoms with Crippen LogP contribution in [0.5, 0.6) is 5.75 Å². The van der Waals surface area contributed by atoms with Gasteiger partial charge in [0.15, 0.2) is 5.75 Å². The summed E-state index contributed by atoms with van der Waals surface area (Å²) in [4.78, 5) is 22.1. The molecule has 0 amide bonds. The fourth-order valence-electron chi connectivity index (χ4n) is 1.34. The average Bonchev–Trinajstić information content (AvgIpc) is 2.31. The molecule has 0 aromatic heterocycles. The molecular weight excluding hydrogens is 318 g/mol. The second-order valence-corrected chi connectivity index (χ2v) is 5.12. The molecule has 0 saturated carbocycles. The van der Waals surface area contributed by atoms with Crippen LogP contribution in [-0.4, -0.2) is 23.1 Å². The number of halogens is 1. The largest absolute Gasteiger partial charge is 0.469 e. The summed E-state index contributed by atoms with van der Waals surface area (Å²) >= 11 is 3.15. The first-order valence-corrected chi connectivity index (χ1v) is 6.37. The van der Waals surface area contributed by atoms with Gasteiger partial charge in [0, 0.05) is 10.5 Å². The third-order valence-corrected chi connectivity index (χ3v) is 2.74. The Hall–Kier alpha value is -1.63. The summed E-state index contributed by atoms with van der Waals surface area (Å²) in [5, 5.41) is 10.9. The third-order valence-electron chi connectivity index (χ3n) is 2.25. The summed E-state index contributed by atoms with van der Waals surface area (Å²) in [6.07, 6.45) is 0. The summed E-state index contributed by atoms with van der Waals surface area (Å²) in [5.74, 6) is -0.557. The zero-order chi connectivity index (χ0) is 14.6. The molecule has 0 radical (unpaired) electrons. The number of carbonyl (C=O) groups is 1. The summed E-state index contributed by atoms with van der Waals surface area (Å²) in [5.41, 5.74) is -1.51. The van der Waals surface area contributed by atoms with Crippen LogP contribution < -0.4 is 4.74 Å². The number of nitrogens with zero attached hydrogens (tertiary/aromatic N) is 1. The van der Waals surface area contributed by atoms with Crippen molar-refractivity contribution in [3.8, 4) is 5.75 Å². The molecule has 0 N–H and O–H groups in total. The van der Waals surface area contributed by atoms with Crippen molar-refractivity contribution in [3.05, 3.63) is 32.8 Å². The zero-order valence-electron chi connectivity index (χ0n) is 10.8. The van der Waals surface area contributed by atoms with E-state index in [1.807, 2.05) is 0 Å². The lowest BCUT2D eigenvalue weighted by Crippen LogP contribution is -2.39. The molecule has 7 heteroatoms. The second-order valence-electron chi connectivity index (χ2n) is 4.20. The van der Waals surface area contributed by atoms with Crippen LogP contribution in [0.2, 0.25) is 0 Å². The van der Waals surface area contributed by atoms with Crippen molar-refractivity contribution in [2.24, 2.45) is 0 Å². The lowest BCUT2D eigenvalue weighted by atomic mass is 10.1. The molecule has 0 bridgehead atoms. The van der Waals surface area contributed by atoms with Crippen molar-refractivity contribution in [1.29, 1.82) is 0 Å². The minimum absolute atomic E-state index is 0.0197. The maximum absolute atomic E-state index is 11.7. The molecule has 0 aliphatic heterocycles. The number of carbonyl (C=O) groups excluding carboxylic acids is 1. The molecule has 6 nitrogen and oxygen atoms in total. The van der Waals surface area contributed by atoms with E-state index in [2.05, 4.69) is 15.9 Å². The number of nitro groups is 1. The third kappa shape index (κ3) is 3.92. The molecule has 0 unspecified atom stereocenters. The van der Waals surface area contributed by atoms with Crippen molar-refractivity contribution in [2.45, 2.75) is 26.4 Å². The first-order valence-electron chi connectivity index (χ1n) is 5.58. The van der Waals surface area contributed by atoms with Gasteiger partial charge in [-0.15, -0.1) is 0 Å². The van der Waals surface area contributed by atoms with Gasteiger partial charge in [-0.1, -0.05) is 15.9 Å². The van der Waals surface area contributed by atoms with E-state index >= 15 is 0 Å². The molecule has 0 spiro atoms. The van der Waals surface area contributed by atoms with E-state index in [9.17, 15) is 14.9 Å². The number of ether oxygens (including phenoxy) is 2. The van der Waals surface area contributed by atoms with Gasteiger partial charge in [0.2, 0.25) is 5.60 Å². The Kier molecular flexibility index (Phi) is 4.88. The minimum atomic E-state index is -1.30. The predicted octanol–water partition coefficient (Wildman–Crippen LogP) is 3.08. The minimum Gasteiger partial charge on any atom is -0.469 e. The van der Waals surface area contributed by atoms with Gasteiger partial charge in [0.1, 0.15) is 0 Å². The highest BCUT2D eigenvalue weighted by Crippen LogP contribution is 2.32. The van der Waals surface area contributed by atoms with Crippen LogP contribution in [0.4, 0.5) is 5.69 Å². The molecule has 104 valence electrons. The molecule has 1 aromatic rings. The van der Waals surface area contributed by atoms with Crippen molar-refractivity contribution in [2.75, 3.05) is 6.61 Å². The normalized spacial score (nSPS) is 10.9. The highest BCUT2D eigenvalue weighted by molar-refractivity contribution is 9.10. The summed E-state index contributed by atoms with van der Waals surface area (Å²) in [7, 11) is 0. The van der Waals surface area contributed by atoms with Gasteiger partial charge in [0.25, 0.3) is 0 Å². The summed E-state index contributed by atoms with van der Waals surface area (Å²) in [6.45, 7) is 4.89. The monoisotopic (exact) mass is 331 g/mol. The lowest BCUT2D eigenvalue weighted by Gasteiger charge is -2.23. The van der Waals surface area contributed by atoms with Crippen LogP contribution in [0.25, 0.3) is 0 Å². The maximum atomic E-state index is 11.7. The van der Waals surface area contributed by atoms with Crippen LogP contribution in [0, 0.1) is 10.1 Å². The van der Waals surface area contributed by atoms with Gasteiger partial charge in [-0.25, -0.2) is 4.79 Å². The molecule has 0 atom stereocenters. The molecule has 0 fully saturated rings. The van der Waals surface area contributed by atoms with E-state index in [1.54, 1.807) is 13.0 Å². The highest BCUT2D eigenvalue weighted by atomic mass is 79.9. The van der Waals surface area contributed by atoms with Gasteiger partial charge in [0.05, 0.1) is 11.5 Å². The van der Waals surface area contributed by atoms with Gasteiger partial charge >= 0.3 is 11.7 Å². The van der Waals surface area contributed by atoms with Crippen LogP contribution in [0.3, 0.4) is 0 Å². The molecule has 1 aromatic carbocycles. The second kappa shape index (κ2) is 6.01. The standard InChI is InChI=1S/C12H14BrNO5/c1-4-18-11(15)12(2,3)19-10-6-5-8(13)7-9(10)14(16)17/h5-7H,4H2,1-3H3. The fourth-order valence-corrected chi connectivity index (χ4v) is 1.69. The SMILES string of the molecule is CCOC(=O)C(C)(C)Oc1ccc(Br)cc1[N+](=O)[O-]. The first-order chi connectivity index (χ1) is 8.77. The van der Waals surface area contributed by atoms with Gasteiger partial charge in [-0.2, -0.15) is 0 Å². The summed E-state index contributed by atoms with van der Waals surface area (Å²) in [6, 6.07) is 4.35. The number of hydrogen-bond acceptors (Lipinski definition) is 5. The van der Waals surface area contributed by atoms with Crippen molar-refractivity contribution < 1.29 is 19.2 Å². The topological polar surface area (TPSA) is 78.7 Å². The molecule has 0 aliphatic carbocycles. The van der Waals surface area contributed by atoms with E-state index < -0.39 is 16.5 Å². The van der Waals surface area contributed by atoms with E-state index in [0.29, 0.717) is 4.47 Å². The number of hydrogen-bond donors (Lipinski definition) is 0. The van der Waals surface area contributed by atoms with E-state index in [1.165, 1.54) is 26.0 Å². The Balaban J connectivity index is 3.05. The quantitative estimate of drug-likeness (QED) is 0.470. The Bertz CT molecular complexity index is 501. The molecule has 0 aliphatic rings. The van der Waals surface area contributed by atoms with Crippen molar-refractivity contribution >= 4 is 27.6 Å². The van der Waals surface area contributed by atoms with Gasteiger partial charge in [-0.3, -0.25) is 10.1 Å². The molecular formula is C12H14BrNO5. The number of nitro benzene ring substituents is 1.